The lowest BCUT2D eigenvalue weighted by molar-refractivity contribution is -0.150. The Bertz CT molecular complexity index is 419. The topological polar surface area (TPSA) is 57.0 Å². The Balaban J connectivity index is 2.41. The second-order valence-electron chi connectivity index (χ2n) is 4.62. The van der Waals surface area contributed by atoms with Crippen LogP contribution in [0, 0.1) is 6.92 Å². The van der Waals surface area contributed by atoms with E-state index in [9.17, 15) is 4.79 Å². The molecule has 0 aromatic carbocycles. The van der Waals surface area contributed by atoms with Crippen molar-refractivity contribution in [3.63, 3.8) is 0 Å². The number of ether oxygens (including phenoxy) is 1. The van der Waals surface area contributed by atoms with Gasteiger partial charge >= 0.3 is 5.97 Å². The lowest BCUT2D eigenvalue weighted by Gasteiger charge is -2.24. The molecule has 1 heterocycles. The van der Waals surface area contributed by atoms with E-state index in [2.05, 4.69) is 10.1 Å². The number of hydrogen-bond donors (Lipinski definition) is 0. The molecule has 0 atom stereocenters. The second-order valence-corrected chi connectivity index (χ2v) is 4.62. The summed E-state index contributed by atoms with van der Waals surface area (Å²) in [6, 6.07) is 0. The van der Waals surface area contributed by atoms with Gasteiger partial charge in [-0.3, -0.25) is 9.48 Å². The molecule has 1 fully saturated rings. The van der Waals surface area contributed by atoms with Gasteiger partial charge in [-0.1, -0.05) is 12.8 Å². The highest BCUT2D eigenvalue weighted by molar-refractivity contribution is 5.82. The van der Waals surface area contributed by atoms with Gasteiger partial charge in [0.05, 0.1) is 6.61 Å². The Morgan fingerprint density at radius 3 is 2.59 bits per heavy atom. The van der Waals surface area contributed by atoms with E-state index in [-0.39, 0.29) is 5.97 Å². The highest BCUT2D eigenvalue weighted by Gasteiger charge is 2.47. The zero-order valence-electron chi connectivity index (χ0n) is 10.7. The molecule has 0 aliphatic heterocycles. The third-order valence-electron chi connectivity index (χ3n) is 3.42. The van der Waals surface area contributed by atoms with Gasteiger partial charge in [0.2, 0.25) is 0 Å². The van der Waals surface area contributed by atoms with Gasteiger partial charge in [-0.05, 0) is 26.7 Å². The Morgan fingerprint density at radius 1 is 1.47 bits per heavy atom. The highest BCUT2D eigenvalue weighted by Crippen LogP contribution is 2.41. The maximum atomic E-state index is 12.2. The number of rotatable bonds is 3. The minimum absolute atomic E-state index is 0.145. The molecule has 0 N–H and O–H groups in total. The molecular formula is C12H19N3O2. The van der Waals surface area contributed by atoms with Crippen LogP contribution in [0.15, 0.2) is 0 Å². The average Bonchev–Trinajstić information content (AvgIpc) is 2.86. The predicted octanol–water partition coefficient (Wildman–Crippen LogP) is 1.50. The molecule has 5 nitrogen and oxygen atoms in total. The maximum absolute atomic E-state index is 12.2. The van der Waals surface area contributed by atoms with Gasteiger partial charge in [0.15, 0.2) is 0 Å². The van der Waals surface area contributed by atoms with Crippen LogP contribution in [0.2, 0.25) is 0 Å². The zero-order chi connectivity index (χ0) is 12.5. The van der Waals surface area contributed by atoms with Crippen LogP contribution in [0.5, 0.6) is 0 Å². The van der Waals surface area contributed by atoms with Crippen molar-refractivity contribution in [1.82, 2.24) is 14.8 Å². The molecule has 1 aliphatic carbocycles. The molecule has 0 radical (unpaired) electrons. The number of aromatic nitrogens is 3. The largest absolute Gasteiger partial charge is 0.465 e. The van der Waals surface area contributed by atoms with Crippen LogP contribution in [0.25, 0.3) is 0 Å². The van der Waals surface area contributed by atoms with E-state index in [1.54, 1.807) is 4.68 Å². The fraction of sp³-hybridized carbons (Fsp3) is 0.750. The summed E-state index contributed by atoms with van der Waals surface area (Å²) < 4.78 is 6.95. The van der Waals surface area contributed by atoms with E-state index in [4.69, 9.17) is 4.74 Å². The number of carbonyl (C=O) groups is 1. The van der Waals surface area contributed by atoms with Crippen molar-refractivity contribution >= 4 is 5.97 Å². The summed E-state index contributed by atoms with van der Waals surface area (Å²) in [5.41, 5.74) is -0.563. The average molecular weight is 237 g/mol. The normalized spacial score (nSPS) is 18.3. The molecule has 5 heteroatoms. The van der Waals surface area contributed by atoms with Crippen molar-refractivity contribution < 1.29 is 9.53 Å². The van der Waals surface area contributed by atoms with Crippen LogP contribution >= 0.6 is 0 Å². The first-order chi connectivity index (χ1) is 8.10. The lowest BCUT2D eigenvalue weighted by atomic mass is 9.85. The van der Waals surface area contributed by atoms with E-state index in [0.717, 1.165) is 31.5 Å². The second kappa shape index (κ2) is 4.47. The van der Waals surface area contributed by atoms with Crippen LogP contribution in [-0.2, 0) is 22.0 Å². The third kappa shape index (κ3) is 1.94. The van der Waals surface area contributed by atoms with Crippen LogP contribution < -0.4 is 0 Å². The van der Waals surface area contributed by atoms with Gasteiger partial charge in [-0.2, -0.15) is 5.10 Å². The molecule has 0 bridgehead atoms. The quantitative estimate of drug-likeness (QED) is 0.747. The van der Waals surface area contributed by atoms with Crippen molar-refractivity contribution in [2.24, 2.45) is 7.05 Å². The van der Waals surface area contributed by atoms with Crippen LogP contribution in [0.4, 0.5) is 0 Å². The van der Waals surface area contributed by atoms with Gasteiger partial charge < -0.3 is 4.74 Å². The summed E-state index contributed by atoms with van der Waals surface area (Å²) in [6.45, 7) is 4.09. The van der Waals surface area contributed by atoms with Gasteiger partial charge in [0, 0.05) is 7.05 Å². The van der Waals surface area contributed by atoms with Crippen molar-refractivity contribution in [3.05, 3.63) is 11.6 Å². The molecule has 1 aromatic rings. The maximum Gasteiger partial charge on any atom is 0.319 e. The number of esters is 1. The van der Waals surface area contributed by atoms with E-state index in [1.165, 1.54) is 0 Å². The SMILES string of the molecule is CCOC(=O)C1(c2nc(C)nn2C)CCCC1. The molecule has 0 spiro atoms. The first-order valence-corrected chi connectivity index (χ1v) is 6.15. The minimum Gasteiger partial charge on any atom is -0.465 e. The Morgan fingerprint density at radius 2 is 2.12 bits per heavy atom. The number of hydrogen-bond acceptors (Lipinski definition) is 4. The van der Waals surface area contributed by atoms with Gasteiger partial charge in [-0.15, -0.1) is 0 Å². The van der Waals surface area contributed by atoms with E-state index in [0.29, 0.717) is 12.4 Å². The summed E-state index contributed by atoms with van der Waals surface area (Å²) in [4.78, 5) is 16.6. The molecule has 0 amide bonds. The number of nitrogens with zero attached hydrogens (tertiary/aromatic N) is 3. The minimum atomic E-state index is -0.563. The standard InChI is InChI=1S/C12H19N3O2/c1-4-17-11(16)12(7-5-6-8-12)10-13-9(2)14-15(10)3/h4-8H2,1-3H3. The molecule has 1 saturated carbocycles. The Labute approximate surface area is 101 Å². The summed E-state index contributed by atoms with van der Waals surface area (Å²) in [5.74, 6) is 1.32. The first-order valence-electron chi connectivity index (χ1n) is 6.15. The molecule has 1 aliphatic rings. The van der Waals surface area contributed by atoms with Gasteiger partial charge in [-0.25, -0.2) is 4.98 Å². The van der Waals surface area contributed by atoms with Crippen LogP contribution in [0.1, 0.15) is 44.3 Å². The number of aryl methyl sites for hydroxylation is 2. The molecular weight excluding hydrogens is 218 g/mol. The zero-order valence-corrected chi connectivity index (χ0v) is 10.7. The predicted molar refractivity (Wildman–Crippen MR) is 62.5 cm³/mol. The molecule has 1 aromatic heterocycles. The van der Waals surface area contributed by atoms with Crippen LogP contribution in [-0.4, -0.2) is 27.3 Å². The van der Waals surface area contributed by atoms with Crippen molar-refractivity contribution in [1.29, 1.82) is 0 Å². The van der Waals surface area contributed by atoms with E-state index in [1.807, 2.05) is 20.9 Å². The van der Waals surface area contributed by atoms with Crippen molar-refractivity contribution in [2.75, 3.05) is 6.61 Å². The highest BCUT2D eigenvalue weighted by atomic mass is 16.5. The van der Waals surface area contributed by atoms with Gasteiger partial charge in [0.1, 0.15) is 17.1 Å². The lowest BCUT2D eigenvalue weighted by Crippen LogP contribution is -2.37. The van der Waals surface area contributed by atoms with Crippen LogP contribution in [0.3, 0.4) is 0 Å². The number of carbonyl (C=O) groups excluding carboxylic acids is 1. The molecule has 94 valence electrons. The fourth-order valence-electron chi connectivity index (χ4n) is 2.70. The van der Waals surface area contributed by atoms with Gasteiger partial charge in [0.25, 0.3) is 0 Å². The fourth-order valence-corrected chi connectivity index (χ4v) is 2.70. The molecule has 2 rings (SSSR count). The Hall–Kier alpha value is -1.39. The smallest absolute Gasteiger partial charge is 0.319 e. The summed E-state index contributed by atoms with van der Waals surface area (Å²) in [5, 5.41) is 4.24. The van der Waals surface area contributed by atoms with Crippen molar-refractivity contribution in [3.8, 4) is 0 Å². The molecule has 0 saturated heterocycles. The monoisotopic (exact) mass is 237 g/mol. The van der Waals surface area contributed by atoms with Crippen molar-refractivity contribution in [2.45, 2.75) is 44.9 Å². The molecule has 17 heavy (non-hydrogen) atoms. The summed E-state index contributed by atoms with van der Waals surface area (Å²) >= 11 is 0. The summed E-state index contributed by atoms with van der Waals surface area (Å²) in [7, 11) is 1.84. The Kier molecular flexibility index (Phi) is 3.17. The molecule has 0 unspecified atom stereocenters. The third-order valence-corrected chi connectivity index (χ3v) is 3.42. The van der Waals surface area contributed by atoms with E-state index < -0.39 is 5.41 Å². The summed E-state index contributed by atoms with van der Waals surface area (Å²) in [6.07, 6.45) is 3.73. The van der Waals surface area contributed by atoms with E-state index >= 15 is 0 Å². The first kappa shape index (κ1) is 12.1.